The van der Waals surface area contributed by atoms with Gasteiger partial charge in [-0.15, -0.1) is 0 Å². The second-order valence-electron chi connectivity index (χ2n) is 3.14. The molecule has 1 saturated heterocycles. The molecular formula is C7H12N4O3. The van der Waals surface area contributed by atoms with Gasteiger partial charge in [0.2, 0.25) is 0 Å². The minimum absolute atomic E-state index is 0.201. The molecule has 0 spiro atoms. The minimum atomic E-state index is -0.998. The van der Waals surface area contributed by atoms with E-state index < -0.39 is 6.09 Å². The predicted octanol–water partition coefficient (Wildman–Crippen LogP) is 1.06. The maximum atomic E-state index is 10.8. The number of nitrogens with zero attached hydrogens (tertiary/aromatic N) is 4. The number of ether oxygens (including phenoxy) is 1. The van der Waals surface area contributed by atoms with Gasteiger partial charge in [0.15, 0.2) is 0 Å². The van der Waals surface area contributed by atoms with Gasteiger partial charge in [-0.3, -0.25) is 0 Å². The van der Waals surface area contributed by atoms with Crippen molar-refractivity contribution in [2.45, 2.75) is 18.5 Å². The summed E-state index contributed by atoms with van der Waals surface area (Å²) in [5.41, 5.74) is 8.23. The number of hydrogen-bond donors (Lipinski definition) is 1. The van der Waals surface area contributed by atoms with Crippen LogP contribution in [0, 0.1) is 0 Å². The molecule has 7 nitrogen and oxygen atoms in total. The van der Waals surface area contributed by atoms with Crippen LogP contribution in [0.1, 0.15) is 6.42 Å². The molecule has 0 aromatic carbocycles. The Balaban J connectivity index is 2.64. The normalized spacial score (nSPS) is 25.9. The average molecular weight is 200 g/mol. The highest BCUT2D eigenvalue weighted by Gasteiger charge is 2.34. The van der Waals surface area contributed by atoms with Crippen molar-refractivity contribution in [1.29, 1.82) is 0 Å². The standard InChI is InChI=1S/C7H12N4O3/c1-14-4-6-2-5(9-10-8)3-11(6)7(12)13/h5-6H,2-4H2,1H3,(H,12,13). The third-order valence-corrected chi connectivity index (χ3v) is 2.21. The average Bonchev–Trinajstić information content (AvgIpc) is 2.49. The molecular weight excluding hydrogens is 188 g/mol. The van der Waals surface area contributed by atoms with Crippen LogP contribution in [0.3, 0.4) is 0 Å². The molecule has 0 aromatic rings. The highest BCUT2D eigenvalue weighted by Crippen LogP contribution is 2.20. The Bertz CT molecular complexity index is 264. The highest BCUT2D eigenvalue weighted by atomic mass is 16.5. The maximum absolute atomic E-state index is 10.8. The minimum Gasteiger partial charge on any atom is -0.465 e. The third-order valence-electron chi connectivity index (χ3n) is 2.21. The lowest BCUT2D eigenvalue weighted by Gasteiger charge is -2.19. The van der Waals surface area contributed by atoms with Gasteiger partial charge in [0, 0.05) is 18.6 Å². The summed E-state index contributed by atoms with van der Waals surface area (Å²) in [5, 5.41) is 12.3. The lowest BCUT2D eigenvalue weighted by molar-refractivity contribution is 0.0990. The molecule has 14 heavy (non-hydrogen) atoms. The van der Waals surface area contributed by atoms with E-state index in [-0.39, 0.29) is 18.6 Å². The van der Waals surface area contributed by atoms with Crippen LogP contribution in [0.15, 0.2) is 5.11 Å². The van der Waals surface area contributed by atoms with Gasteiger partial charge >= 0.3 is 6.09 Å². The van der Waals surface area contributed by atoms with E-state index in [1.807, 2.05) is 0 Å². The Morgan fingerprint density at radius 1 is 1.86 bits per heavy atom. The number of carboxylic acid groups (broad SMARTS) is 1. The highest BCUT2D eigenvalue weighted by molar-refractivity contribution is 5.66. The van der Waals surface area contributed by atoms with Crippen LogP contribution in [0.2, 0.25) is 0 Å². The molecule has 2 atom stereocenters. The van der Waals surface area contributed by atoms with Gasteiger partial charge in [0.1, 0.15) is 0 Å². The molecule has 0 radical (unpaired) electrons. The van der Waals surface area contributed by atoms with E-state index in [0.717, 1.165) is 0 Å². The molecule has 2 unspecified atom stereocenters. The SMILES string of the molecule is COCC1CC(N=[N+]=[N-])CN1C(=O)O. The number of likely N-dealkylation sites (tertiary alicyclic amines) is 1. The summed E-state index contributed by atoms with van der Waals surface area (Å²) in [5.74, 6) is 0. The first-order valence-corrected chi connectivity index (χ1v) is 4.21. The first-order chi connectivity index (χ1) is 6.69. The monoisotopic (exact) mass is 200 g/mol. The Labute approximate surface area is 80.9 Å². The molecule has 1 fully saturated rings. The van der Waals surface area contributed by atoms with Crippen LogP contribution in [-0.4, -0.2) is 48.4 Å². The third kappa shape index (κ3) is 2.27. The molecule has 1 N–H and O–H groups in total. The molecule has 0 saturated carbocycles. The predicted molar refractivity (Wildman–Crippen MR) is 47.9 cm³/mol. The van der Waals surface area contributed by atoms with E-state index in [4.69, 9.17) is 15.4 Å². The fourth-order valence-electron chi connectivity index (χ4n) is 1.63. The zero-order valence-corrected chi connectivity index (χ0v) is 7.83. The Hall–Kier alpha value is -1.46. The largest absolute Gasteiger partial charge is 0.465 e. The van der Waals surface area contributed by atoms with Crippen molar-refractivity contribution >= 4 is 6.09 Å². The molecule has 7 heteroatoms. The van der Waals surface area contributed by atoms with E-state index in [9.17, 15) is 4.79 Å². The summed E-state index contributed by atoms with van der Waals surface area (Å²) < 4.78 is 4.89. The van der Waals surface area contributed by atoms with Gasteiger partial charge in [-0.25, -0.2) is 4.79 Å². The Morgan fingerprint density at radius 3 is 3.07 bits per heavy atom. The topological polar surface area (TPSA) is 98.5 Å². The smallest absolute Gasteiger partial charge is 0.407 e. The van der Waals surface area contributed by atoms with Crippen LogP contribution >= 0.6 is 0 Å². The zero-order chi connectivity index (χ0) is 10.6. The van der Waals surface area contributed by atoms with Gasteiger partial charge in [0.25, 0.3) is 0 Å². The van der Waals surface area contributed by atoms with Crippen LogP contribution < -0.4 is 0 Å². The summed E-state index contributed by atoms with van der Waals surface area (Å²) in [6.07, 6.45) is -0.466. The van der Waals surface area contributed by atoms with Crippen LogP contribution in [0.5, 0.6) is 0 Å². The lowest BCUT2D eigenvalue weighted by Crippen LogP contribution is -2.37. The van der Waals surface area contributed by atoms with Crippen molar-refractivity contribution in [3.63, 3.8) is 0 Å². The van der Waals surface area contributed by atoms with Crippen LogP contribution in [0.4, 0.5) is 4.79 Å². The second kappa shape index (κ2) is 4.69. The fraction of sp³-hybridized carbons (Fsp3) is 0.857. The summed E-state index contributed by atoms with van der Waals surface area (Å²) in [6.45, 7) is 0.594. The maximum Gasteiger partial charge on any atom is 0.407 e. The summed E-state index contributed by atoms with van der Waals surface area (Å²) in [4.78, 5) is 14.7. The number of carbonyl (C=O) groups is 1. The van der Waals surface area contributed by atoms with E-state index in [2.05, 4.69) is 10.0 Å². The van der Waals surface area contributed by atoms with Gasteiger partial charge in [-0.05, 0) is 12.0 Å². The quantitative estimate of drug-likeness (QED) is 0.419. The summed E-state index contributed by atoms with van der Waals surface area (Å²) in [7, 11) is 1.51. The van der Waals surface area contributed by atoms with Gasteiger partial charge < -0.3 is 14.7 Å². The number of rotatable bonds is 3. The van der Waals surface area contributed by atoms with Gasteiger partial charge in [-0.1, -0.05) is 5.11 Å². The Morgan fingerprint density at radius 2 is 2.57 bits per heavy atom. The van der Waals surface area contributed by atoms with Crippen molar-refractivity contribution in [2.75, 3.05) is 20.3 Å². The molecule has 0 aliphatic carbocycles. The van der Waals surface area contributed by atoms with Crippen LogP contribution in [-0.2, 0) is 4.74 Å². The van der Waals surface area contributed by atoms with Gasteiger partial charge in [-0.2, -0.15) is 0 Å². The van der Waals surface area contributed by atoms with Crippen molar-refractivity contribution in [1.82, 2.24) is 4.90 Å². The summed E-state index contributed by atoms with van der Waals surface area (Å²) >= 11 is 0. The van der Waals surface area contributed by atoms with E-state index in [0.29, 0.717) is 13.0 Å². The van der Waals surface area contributed by atoms with Crippen molar-refractivity contribution in [3.05, 3.63) is 10.4 Å². The number of azide groups is 1. The zero-order valence-electron chi connectivity index (χ0n) is 7.83. The van der Waals surface area contributed by atoms with E-state index in [1.165, 1.54) is 12.0 Å². The number of methoxy groups -OCH3 is 1. The van der Waals surface area contributed by atoms with Crippen molar-refractivity contribution < 1.29 is 14.6 Å². The first kappa shape index (κ1) is 10.6. The summed E-state index contributed by atoms with van der Waals surface area (Å²) in [6, 6.07) is -0.468. The molecule has 0 bridgehead atoms. The molecule has 1 amide bonds. The second-order valence-corrected chi connectivity index (χ2v) is 3.14. The molecule has 1 aliphatic rings. The Kier molecular flexibility index (Phi) is 3.55. The molecule has 78 valence electrons. The molecule has 1 heterocycles. The molecule has 1 aliphatic heterocycles. The van der Waals surface area contributed by atoms with Crippen LogP contribution in [0.25, 0.3) is 10.4 Å². The molecule has 1 rings (SSSR count). The number of hydrogen-bond acceptors (Lipinski definition) is 3. The number of amides is 1. The molecule has 0 aromatic heterocycles. The van der Waals surface area contributed by atoms with E-state index >= 15 is 0 Å². The van der Waals surface area contributed by atoms with E-state index in [1.54, 1.807) is 0 Å². The van der Waals surface area contributed by atoms with Crippen molar-refractivity contribution in [3.8, 4) is 0 Å². The lowest BCUT2D eigenvalue weighted by atomic mass is 10.2. The first-order valence-electron chi connectivity index (χ1n) is 4.21. The fourth-order valence-corrected chi connectivity index (χ4v) is 1.63. The van der Waals surface area contributed by atoms with Gasteiger partial charge in [0.05, 0.1) is 18.7 Å². The van der Waals surface area contributed by atoms with Crippen molar-refractivity contribution in [2.24, 2.45) is 5.11 Å².